The van der Waals surface area contributed by atoms with Gasteiger partial charge in [-0.25, -0.2) is 0 Å². The molecule has 0 aromatic heterocycles. The summed E-state index contributed by atoms with van der Waals surface area (Å²) < 4.78 is 0. The summed E-state index contributed by atoms with van der Waals surface area (Å²) in [4.78, 5) is 11.9. The minimum absolute atomic E-state index is 0.0732. The van der Waals surface area contributed by atoms with Crippen LogP contribution in [-0.4, -0.2) is 29.2 Å². The van der Waals surface area contributed by atoms with Crippen molar-refractivity contribution in [2.75, 3.05) is 11.9 Å². The van der Waals surface area contributed by atoms with Crippen molar-refractivity contribution in [3.63, 3.8) is 0 Å². The highest BCUT2D eigenvalue weighted by Crippen LogP contribution is 2.35. The molecule has 1 fully saturated rings. The average molecular weight is 234 g/mol. The zero-order chi connectivity index (χ0) is 12.3. The molecule has 3 N–H and O–H groups in total. The van der Waals surface area contributed by atoms with E-state index in [2.05, 4.69) is 10.6 Å². The van der Waals surface area contributed by atoms with Crippen LogP contribution in [0.2, 0.25) is 0 Å². The first-order chi connectivity index (χ1) is 8.15. The number of hydrogen-bond donors (Lipinski definition) is 3. The monoisotopic (exact) mass is 234 g/mol. The summed E-state index contributed by atoms with van der Waals surface area (Å²) >= 11 is 0. The maximum absolute atomic E-state index is 11.9. The second kappa shape index (κ2) is 4.85. The molecular weight excluding hydrogens is 216 g/mol. The van der Waals surface area contributed by atoms with Crippen molar-refractivity contribution >= 4 is 11.6 Å². The van der Waals surface area contributed by atoms with Gasteiger partial charge in [-0.1, -0.05) is 18.2 Å². The molecule has 1 aromatic carbocycles. The molecule has 0 heterocycles. The fourth-order valence-electron chi connectivity index (χ4n) is 1.80. The third kappa shape index (κ3) is 3.05. The molecule has 4 nitrogen and oxygen atoms in total. The highest BCUT2D eigenvalue weighted by atomic mass is 16.3. The van der Waals surface area contributed by atoms with Gasteiger partial charge < -0.3 is 10.4 Å². The number of aliphatic hydroxyl groups excluding tert-OH is 1. The van der Waals surface area contributed by atoms with Gasteiger partial charge in [0.05, 0.1) is 12.6 Å². The lowest BCUT2D eigenvalue weighted by molar-refractivity contribution is -0.118. The minimum atomic E-state index is -0.301. The van der Waals surface area contributed by atoms with E-state index in [0.29, 0.717) is 0 Å². The van der Waals surface area contributed by atoms with Crippen LogP contribution < -0.4 is 10.6 Å². The zero-order valence-electron chi connectivity index (χ0n) is 9.94. The third-order valence-electron chi connectivity index (χ3n) is 3.11. The quantitative estimate of drug-likeness (QED) is 0.715. The first kappa shape index (κ1) is 12.1. The molecule has 0 radical (unpaired) electrons. The van der Waals surface area contributed by atoms with Gasteiger partial charge in [0.25, 0.3) is 0 Å². The summed E-state index contributed by atoms with van der Waals surface area (Å²) in [5, 5.41) is 15.2. The van der Waals surface area contributed by atoms with Gasteiger partial charge in [0.2, 0.25) is 5.91 Å². The number of rotatable bonds is 5. The fourth-order valence-corrected chi connectivity index (χ4v) is 1.80. The van der Waals surface area contributed by atoms with E-state index in [9.17, 15) is 9.90 Å². The molecule has 0 aliphatic heterocycles. The Morgan fingerprint density at radius 3 is 2.59 bits per heavy atom. The Labute approximate surface area is 101 Å². The number of carbonyl (C=O) groups is 1. The van der Waals surface area contributed by atoms with Crippen molar-refractivity contribution in [2.45, 2.75) is 31.3 Å². The summed E-state index contributed by atoms with van der Waals surface area (Å²) in [5.74, 6) is -0.0732. The summed E-state index contributed by atoms with van der Waals surface area (Å²) in [6, 6.07) is 9.06. The van der Waals surface area contributed by atoms with Crippen LogP contribution >= 0.6 is 0 Å². The molecule has 2 rings (SSSR count). The maximum atomic E-state index is 11.9. The molecule has 1 atom stereocenters. The zero-order valence-corrected chi connectivity index (χ0v) is 9.94. The lowest BCUT2D eigenvalue weighted by Crippen LogP contribution is -2.47. The van der Waals surface area contributed by atoms with Crippen LogP contribution in [-0.2, 0) is 4.79 Å². The number of carbonyl (C=O) groups excluding carboxylic acids is 1. The normalized spacial score (nSPS) is 18.5. The fraction of sp³-hybridized carbons (Fsp3) is 0.462. The van der Waals surface area contributed by atoms with E-state index in [0.717, 1.165) is 18.5 Å². The highest BCUT2D eigenvalue weighted by molar-refractivity contribution is 5.94. The molecular formula is C13H18N2O2. The van der Waals surface area contributed by atoms with Gasteiger partial charge in [0.1, 0.15) is 0 Å². The predicted molar refractivity (Wildman–Crippen MR) is 66.7 cm³/mol. The second-order valence-corrected chi connectivity index (χ2v) is 4.66. The number of benzene rings is 1. The van der Waals surface area contributed by atoms with Gasteiger partial charge in [0.15, 0.2) is 0 Å². The number of amides is 1. The van der Waals surface area contributed by atoms with E-state index in [1.165, 1.54) is 0 Å². The van der Waals surface area contributed by atoms with E-state index in [4.69, 9.17) is 0 Å². The van der Waals surface area contributed by atoms with Crippen molar-refractivity contribution in [1.29, 1.82) is 0 Å². The number of hydrogen-bond acceptors (Lipinski definition) is 3. The molecule has 1 aromatic rings. The van der Waals surface area contributed by atoms with Crippen molar-refractivity contribution in [1.82, 2.24) is 5.32 Å². The molecule has 1 aliphatic rings. The van der Waals surface area contributed by atoms with Crippen LogP contribution in [0.1, 0.15) is 19.8 Å². The first-order valence-electron chi connectivity index (χ1n) is 5.90. The molecule has 1 unspecified atom stereocenters. The van der Waals surface area contributed by atoms with E-state index in [1.807, 2.05) is 37.3 Å². The van der Waals surface area contributed by atoms with Crippen molar-refractivity contribution in [3.05, 3.63) is 30.3 Å². The molecule has 0 bridgehead atoms. The summed E-state index contributed by atoms with van der Waals surface area (Å²) in [6.45, 7) is 1.91. The lowest BCUT2D eigenvalue weighted by atomic mass is 10.2. The number of para-hydroxylation sites is 1. The van der Waals surface area contributed by atoms with Gasteiger partial charge in [0, 0.05) is 11.2 Å². The lowest BCUT2D eigenvalue weighted by Gasteiger charge is -2.20. The van der Waals surface area contributed by atoms with Gasteiger partial charge >= 0.3 is 0 Å². The maximum Gasteiger partial charge on any atom is 0.241 e. The Hall–Kier alpha value is -1.39. The Balaban J connectivity index is 1.88. The van der Waals surface area contributed by atoms with Crippen LogP contribution in [0.3, 0.4) is 0 Å². The molecule has 17 heavy (non-hydrogen) atoms. The molecule has 4 heteroatoms. The SMILES string of the molecule is CC(NC1(CO)CC1)C(=O)Nc1ccccc1. The Morgan fingerprint density at radius 2 is 2.06 bits per heavy atom. The van der Waals surface area contributed by atoms with E-state index in [1.54, 1.807) is 0 Å². The van der Waals surface area contributed by atoms with Crippen molar-refractivity contribution < 1.29 is 9.90 Å². The standard InChI is InChI=1S/C13H18N2O2/c1-10(15-13(9-16)7-8-13)12(17)14-11-5-3-2-4-6-11/h2-6,10,15-16H,7-9H2,1H3,(H,14,17). The largest absolute Gasteiger partial charge is 0.394 e. The molecule has 92 valence electrons. The van der Waals surface area contributed by atoms with E-state index >= 15 is 0 Å². The second-order valence-electron chi connectivity index (χ2n) is 4.66. The van der Waals surface area contributed by atoms with Gasteiger partial charge in [-0.15, -0.1) is 0 Å². The topological polar surface area (TPSA) is 61.4 Å². The van der Waals surface area contributed by atoms with Crippen LogP contribution in [0.5, 0.6) is 0 Å². The molecule has 1 aliphatic carbocycles. The highest BCUT2D eigenvalue weighted by Gasteiger charge is 2.43. The number of nitrogens with one attached hydrogen (secondary N) is 2. The van der Waals surface area contributed by atoms with Gasteiger partial charge in [-0.05, 0) is 31.9 Å². The van der Waals surface area contributed by atoms with Crippen LogP contribution in [0, 0.1) is 0 Å². The average Bonchev–Trinajstić information content (AvgIpc) is 3.11. The predicted octanol–water partition coefficient (Wildman–Crippen LogP) is 1.13. The summed E-state index contributed by atoms with van der Waals surface area (Å²) in [6.07, 6.45) is 1.87. The molecule has 0 spiro atoms. The summed E-state index contributed by atoms with van der Waals surface area (Å²) in [7, 11) is 0. The van der Waals surface area contributed by atoms with E-state index in [-0.39, 0.29) is 24.1 Å². The Kier molecular flexibility index (Phi) is 3.45. The number of anilines is 1. The van der Waals surface area contributed by atoms with Gasteiger partial charge in [-0.3, -0.25) is 10.1 Å². The molecule has 0 saturated heterocycles. The number of aliphatic hydroxyl groups is 1. The van der Waals surface area contributed by atoms with Crippen molar-refractivity contribution in [2.24, 2.45) is 0 Å². The van der Waals surface area contributed by atoms with Crippen LogP contribution in [0.25, 0.3) is 0 Å². The first-order valence-corrected chi connectivity index (χ1v) is 5.90. The molecule has 1 saturated carbocycles. The van der Waals surface area contributed by atoms with E-state index < -0.39 is 0 Å². The summed E-state index contributed by atoms with van der Waals surface area (Å²) in [5.41, 5.74) is 0.577. The van der Waals surface area contributed by atoms with Crippen molar-refractivity contribution in [3.8, 4) is 0 Å². The smallest absolute Gasteiger partial charge is 0.241 e. The Morgan fingerprint density at radius 1 is 1.41 bits per heavy atom. The molecule has 1 amide bonds. The third-order valence-corrected chi connectivity index (χ3v) is 3.11. The Bertz CT molecular complexity index is 388. The van der Waals surface area contributed by atoms with Crippen LogP contribution in [0.4, 0.5) is 5.69 Å². The van der Waals surface area contributed by atoms with Gasteiger partial charge in [-0.2, -0.15) is 0 Å². The van der Waals surface area contributed by atoms with Crippen LogP contribution in [0.15, 0.2) is 30.3 Å². The minimum Gasteiger partial charge on any atom is -0.394 e.